The fourth-order valence-electron chi connectivity index (χ4n) is 3.75. The van der Waals surface area contributed by atoms with E-state index in [0.29, 0.717) is 6.54 Å². The van der Waals surface area contributed by atoms with E-state index in [9.17, 15) is 0 Å². The van der Waals surface area contributed by atoms with Crippen molar-refractivity contribution in [1.29, 1.82) is 0 Å². The van der Waals surface area contributed by atoms with Gasteiger partial charge in [-0.05, 0) is 56.8 Å². The zero-order chi connectivity index (χ0) is 20.8. The quantitative estimate of drug-likeness (QED) is 0.338. The van der Waals surface area contributed by atoms with E-state index < -0.39 is 0 Å². The molecule has 30 heavy (non-hydrogen) atoms. The van der Waals surface area contributed by atoms with Gasteiger partial charge in [-0.1, -0.05) is 24.3 Å². The molecule has 1 aliphatic heterocycles. The van der Waals surface area contributed by atoms with Gasteiger partial charge < -0.3 is 24.6 Å². The molecule has 6 nitrogen and oxygen atoms in total. The summed E-state index contributed by atoms with van der Waals surface area (Å²) < 4.78 is 10.9. The van der Waals surface area contributed by atoms with Crippen molar-refractivity contribution < 1.29 is 9.47 Å². The number of halogens is 1. The first-order chi connectivity index (χ1) is 14.1. The summed E-state index contributed by atoms with van der Waals surface area (Å²) in [6, 6.07) is 14.8. The molecule has 0 saturated carbocycles. The van der Waals surface area contributed by atoms with Crippen LogP contribution in [0.4, 0.5) is 5.69 Å². The number of fused-ring (bicyclic) bond motifs is 1. The van der Waals surface area contributed by atoms with E-state index in [1.54, 1.807) is 14.2 Å². The van der Waals surface area contributed by atoms with Crippen molar-refractivity contribution in [3.8, 4) is 11.5 Å². The van der Waals surface area contributed by atoms with Crippen LogP contribution in [-0.4, -0.2) is 58.8 Å². The molecule has 7 heteroatoms. The molecule has 2 aromatic rings. The Morgan fingerprint density at radius 1 is 1.13 bits per heavy atom. The standard InChI is InChI=1S/C23H32N4O2.HI/c1-6-24-23(27-14-13-17-9-7-8-10-19(17)27)25-16-20(26(2)3)18-11-12-21(28-4)22(15-18)29-5;/h7-12,15,20H,6,13-14,16H2,1-5H3,(H,24,25);1H. The Morgan fingerprint density at radius 3 is 2.53 bits per heavy atom. The molecule has 0 bridgehead atoms. The molecule has 164 valence electrons. The van der Waals surface area contributed by atoms with Crippen LogP contribution in [0.1, 0.15) is 24.1 Å². The van der Waals surface area contributed by atoms with E-state index in [1.165, 1.54) is 11.3 Å². The van der Waals surface area contributed by atoms with Crippen molar-refractivity contribution in [2.75, 3.05) is 52.8 Å². The van der Waals surface area contributed by atoms with Gasteiger partial charge in [-0.25, -0.2) is 0 Å². The molecule has 0 aromatic heterocycles. The predicted octanol–water partition coefficient (Wildman–Crippen LogP) is 3.95. The normalized spacial score (nSPS) is 14.2. The van der Waals surface area contributed by atoms with Crippen LogP contribution in [0.15, 0.2) is 47.5 Å². The zero-order valence-corrected chi connectivity index (χ0v) is 20.8. The summed E-state index contributed by atoms with van der Waals surface area (Å²) in [5, 5.41) is 3.46. The Hall–Kier alpha value is -2.00. The molecule has 0 fully saturated rings. The molecule has 1 atom stereocenters. The van der Waals surface area contributed by atoms with Crippen LogP contribution >= 0.6 is 24.0 Å². The number of likely N-dealkylation sites (N-methyl/N-ethyl adjacent to an activating group) is 1. The summed E-state index contributed by atoms with van der Waals surface area (Å²) in [5.74, 6) is 2.41. The highest BCUT2D eigenvalue weighted by Crippen LogP contribution is 2.32. The number of para-hydroxylation sites is 1. The number of nitrogens with one attached hydrogen (secondary N) is 1. The average Bonchev–Trinajstić information content (AvgIpc) is 3.16. The summed E-state index contributed by atoms with van der Waals surface area (Å²) >= 11 is 0. The number of ether oxygens (including phenoxy) is 2. The molecular weight excluding hydrogens is 491 g/mol. The number of guanidine groups is 1. The third-order valence-corrected chi connectivity index (χ3v) is 5.31. The van der Waals surface area contributed by atoms with Crippen LogP contribution in [0.2, 0.25) is 0 Å². The highest BCUT2D eigenvalue weighted by Gasteiger charge is 2.23. The maximum Gasteiger partial charge on any atom is 0.198 e. The van der Waals surface area contributed by atoms with Crippen molar-refractivity contribution in [2.24, 2.45) is 4.99 Å². The van der Waals surface area contributed by atoms with Gasteiger partial charge >= 0.3 is 0 Å². The minimum absolute atomic E-state index is 0. The van der Waals surface area contributed by atoms with Gasteiger partial charge in [-0.3, -0.25) is 4.99 Å². The van der Waals surface area contributed by atoms with Crippen LogP contribution in [0.3, 0.4) is 0 Å². The number of anilines is 1. The molecular formula is C23H33IN4O2. The number of hydrogen-bond donors (Lipinski definition) is 1. The number of hydrogen-bond acceptors (Lipinski definition) is 4. The largest absolute Gasteiger partial charge is 0.493 e. The summed E-state index contributed by atoms with van der Waals surface area (Å²) in [6.07, 6.45) is 1.05. The fraction of sp³-hybridized carbons (Fsp3) is 0.435. The van der Waals surface area contributed by atoms with Crippen LogP contribution in [0.25, 0.3) is 0 Å². The first-order valence-electron chi connectivity index (χ1n) is 10.1. The Labute approximate surface area is 197 Å². The highest BCUT2D eigenvalue weighted by molar-refractivity contribution is 14.0. The first-order valence-corrected chi connectivity index (χ1v) is 10.1. The molecule has 1 heterocycles. The Kier molecular flexibility index (Phi) is 9.23. The summed E-state index contributed by atoms with van der Waals surface area (Å²) in [7, 11) is 7.48. The molecule has 0 saturated heterocycles. The van der Waals surface area contributed by atoms with Crippen LogP contribution in [-0.2, 0) is 6.42 Å². The van der Waals surface area contributed by atoms with Crippen molar-refractivity contribution in [1.82, 2.24) is 10.2 Å². The minimum Gasteiger partial charge on any atom is -0.493 e. The first kappa shape index (κ1) is 24.3. The van der Waals surface area contributed by atoms with E-state index in [4.69, 9.17) is 14.5 Å². The van der Waals surface area contributed by atoms with E-state index in [1.807, 2.05) is 12.1 Å². The number of nitrogens with zero attached hydrogens (tertiary/aromatic N) is 3. The molecule has 0 spiro atoms. The Morgan fingerprint density at radius 2 is 1.87 bits per heavy atom. The lowest BCUT2D eigenvalue weighted by Crippen LogP contribution is -2.41. The smallest absolute Gasteiger partial charge is 0.198 e. The van der Waals surface area contributed by atoms with Gasteiger partial charge in [-0.2, -0.15) is 0 Å². The van der Waals surface area contributed by atoms with Gasteiger partial charge in [0.1, 0.15) is 0 Å². The average molecular weight is 524 g/mol. The number of benzene rings is 2. The number of rotatable bonds is 7. The third kappa shape index (κ3) is 5.37. The molecule has 1 N–H and O–H groups in total. The molecule has 3 rings (SSSR count). The van der Waals surface area contributed by atoms with Gasteiger partial charge in [0.15, 0.2) is 17.5 Å². The number of aliphatic imine (C=N–C) groups is 1. The van der Waals surface area contributed by atoms with Gasteiger partial charge in [0.05, 0.1) is 26.8 Å². The Balaban J connectivity index is 0.00000320. The second-order valence-electron chi connectivity index (χ2n) is 7.32. The summed E-state index contributed by atoms with van der Waals surface area (Å²) in [6.45, 7) is 4.54. The molecule has 0 radical (unpaired) electrons. The summed E-state index contributed by atoms with van der Waals surface area (Å²) in [4.78, 5) is 9.49. The fourth-order valence-corrected chi connectivity index (χ4v) is 3.75. The van der Waals surface area contributed by atoms with Crippen LogP contribution in [0, 0.1) is 0 Å². The van der Waals surface area contributed by atoms with Crippen molar-refractivity contribution in [3.63, 3.8) is 0 Å². The maximum absolute atomic E-state index is 5.49. The van der Waals surface area contributed by atoms with Gasteiger partial charge in [-0.15, -0.1) is 24.0 Å². The zero-order valence-electron chi connectivity index (χ0n) is 18.5. The Bertz CT molecular complexity index is 857. The van der Waals surface area contributed by atoms with Crippen molar-refractivity contribution >= 4 is 35.6 Å². The predicted molar refractivity (Wildman–Crippen MR) is 135 cm³/mol. The lowest BCUT2D eigenvalue weighted by molar-refractivity contribution is 0.303. The lowest BCUT2D eigenvalue weighted by Gasteiger charge is -2.26. The molecule has 0 aliphatic carbocycles. The monoisotopic (exact) mass is 524 g/mol. The molecule has 1 aliphatic rings. The van der Waals surface area contributed by atoms with E-state index in [0.717, 1.165) is 42.5 Å². The molecule has 0 amide bonds. The van der Waals surface area contributed by atoms with E-state index in [2.05, 4.69) is 66.5 Å². The second kappa shape index (κ2) is 11.4. The van der Waals surface area contributed by atoms with Gasteiger partial charge in [0, 0.05) is 18.8 Å². The van der Waals surface area contributed by atoms with E-state index in [-0.39, 0.29) is 30.0 Å². The highest BCUT2D eigenvalue weighted by atomic mass is 127. The third-order valence-electron chi connectivity index (χ3n) is 5.31. The molecule has 1 unspecified atom stereocenters. The summed E-state index contributed by atoms with van der Waals surface area (Å²) in [5.41, 5.74) is 3.77. The van der Waals surface area contributed by atoms with E-state index >= 15 is 0 Å². The van der Waals surface area contributed by atoms with Gasteiger partial charge in [0.25, 0.3) is 0 Å². The van der Waals surface area contributed by atoms with Crippen LogP contribution < -0.4 is 19.7 Å². The van der Waals surface area contributed by atoms with Gasteiger partial charge in [0.2, 0.25) is 0 Å². The van der Waals surface area contributed by atoms with Crippen LogP contribution in [0.5, 0.6) is 11.5 Å². The minimum atomic E-state index is 0. The molecule has 2 aromatic carbocycles. The SMILES string of the molecule is CCNC(=NCC(c1ccc(OC)c(OC)c1)N(C)C)N1CCc2ccccc21.I. The maximum atomic E-state index is 5.49. The van der Waals surface area contributed by atoms with Crippen molar-refractivity contribution in [3.05, 3.63) is 53.6 Å². The topological polar surface area (TPSA) is 49.3 Å². The second-order valence-corrected chi connectivity index (χ2v) is 7.32. The lowest BCUT2D eigenvalue weighted by atomic mass is 10.1. The number of methoxy groups -OCH3 is 2. The van der Waals surface area contributed by atoms with Crippen molar-refractivity contribution in [2.45, 2.75) is 19.4 Å².